The molecule has 4 aromatic carbocycles. The van der Waals surface area contributed by atoms with Crippen molar-refractivity contribution in [2.45, 2.75) is 96.8 Å². The van der Waals surface area contributed by atoms with Gasteiger partial charge in [-0.1, -0.05) is 114 Å². The number of carbonyl (C=O) groups is 3. The van der Waals surface area contributed by atoms with Crippen molar-refractivity contribution in [3.05, 3.63) is 192 Å². The van der Waals surface area contributed by atoms with E-state index in [0.29, 0.717) is 65.6 Å². The highest BCUT2D eigenvalue weighted by Gasteiger charge is 2.36. The van der Waals surface area contributed by atoms with Gasteiger partial charge in [0.1, 0.15) is 23.0 Å². The first-order valence-electron chi connectivity index (χ1n) is 21.9. The fourth-order valence-electron chi connectivity index (χ4n) is 8.16. The second-order valence-electron chi connectivity index (χ2n) is 16.7. The van der Waals surface area contributed by atoms with Crippen molar-refractivity contribution in [3.8, 4) is 11.5 Å². The van der Waals surface area contributed by atoms with Gasteiger partial charge in [-0.25, -0.2) is 4.79 Å². The normalized spacial score (nSPS) is 12.9. The molecular formula is C57H62O6. The summed E-state index contributed by atoms with van der Waals surface area (Å²) in [5.41, 5.74) is 9.58. The molecule has 1 fully saturated rings. The Morgan fingerprint density at radius 1 is 0.603 bits per heavy atom. The molecule has 0 atom stereocenters. The first-order chi connectivity index (χ1) is 30.1. The Hall–Kier alpha value is -6.53. The lowest BCUT2D eigenvalue weighted by Gasteiger charge is -2.38. The molecule has 0 radical (unpaired) electrons. The molecule has 5 rings (SSSR count). The number of esters is 1. The van der Waals surface area contributed by atoms with E-state index in [0.717, 1.165) is 83.9 Å². The molecule has 326 valence electrons. The van der Waals surface area contributed by atoms with E-state index in [1.54, 1.807) is 25.1 Å². The minimum absolute atomic E-state index is 0.112. The van der Waals surface area contributed by atoms with Crippen molar-refractivity contribution >= 4 is 40.5 Å². The lowest BCUT2D eigenvalue weighted by atomic mass is 9.65. The van der Waals surface area contributed by atoms with Gasteiger partial charge in [-0.3, -0.25) is 9.59 Å². The second kappa shape index (κ2) is 22.0. The monoisotopic (exact) mass is 842 g/mol. The average Bonchev–Trinajstić information content (AvgIpc) is 3.28. The summed E-state index contributed by atoms with van der Waals surface area (Å²) in [6.07, 6.45) is 11.5. The Bertz CT molecular complexity index is 2420. The van der Waals surface area contributed by atoms with Gasteiger partial charge in [-0.15, -0.1) is 0 Å². The lowest BCUT2D eigenvalue weighted by Crippen LogP contribution is -2.30. The van der Waals surface area contributed by atoms with Gasteiger partial charge >= 0.3 is 5.97 Å². The molecule has 0 unspecified atom stereocenters. The van der Waals surface area contributed by atoms with Crippen LogP contribution < -0.4 is 9.47 Å². The maximum atomic E-state index is 13.4. The maximum Gasteiger partial charge on any atom is 0.343 e. The number of benzene rings is 4. The van der Waals surface area contributed by atoms with Crippen LogP contribution in [-0.4, -0.2) is 24.1 Å². The fourth-order valence-corrected chi connectivity index (χ4v) is 8.16. The molecule has 63 heavy (non-hydrogen) atoms. The summed E-state index contributed by atoms with van der Waals surface area (Å²) in [6, 6.07) is 27.2. The van der Waals surface area contributed by atoms with Crippen LogP contribution in [0.1, 0.15) is 145 Å². The molecule has 0 bridgehead atoms. The molecule has 6 heteroatoms. The quantitative estimate of drug-likeness (QED) is 0.0141. The number of allylic oxidation sites excluding steroid dienone is 4. The zero-order chi connectivity index (χ0) is 45.7. The van der Waals surface area contributed by atoms with Crippen molar-refractivity contribution in [2.75, 3.05) is 6.61 Å². The van der Waals surface area contributed by atoms with Crippen LogP contribution in [0.5, 0.6) is 11.5 Å². The molecule has 0 aromatic heterocycles. The molecule has 0 spiro atoms. The smallest absolute Gasteiger partial charge is 0.343 e. The van der Waals surface area contributed by atoms with Crippen molar-refractivity contribution in [1.29, 1.82) is 0 Å². The van der Waals surface area contributed by atoms with E-state index in [9.17, 15) is 14.4 Å². The third-order valence-corrected chi connectivity index (χ3v) is 11.9. The highest BCUT2D eigenvalue weighted by atomic mass is 16.5. The van der Waals surface area contributed by atoms with Crippen LogP contribution in [0, 0.1) is 0 Å². The molecule has 4 aromatic rings. The highest BCUT2D eigenvalue weighted by Crippen LogP contribution is 2.46. The lowest BCUT2D eigenvalue weighted by molar-refractivity contribution is -0.115. The molecule has 6 nitrogen and oxygen atoms in total. The number of hydrogen-bond acceptors (Lipinski definition) is 6. The number of rotatable bonds is 23. The zero-order valence-electron chi connectivity index (χ0n) is 37.5. The molecule has 1 aliphatic rings. The minimum Gasteiger partial charge on any atom is -0.494 e. The average molecular weight is 843 g/mol. The standard InChI is InChI=1S/C57H62O6/c1-11-45-36-46(21-31-52(45)40(6)18-13-14-20-55(59)39(4)5)44(10)62-50-27-23-48(24-28-50)57(33-15-12-16-34-57)49-25-29-51(30-26-49)63-56(60)47-22-32-53(54(37-47)42(8)58)41(7)19-17-35-61-43(9)38(2)3/h11,21-32,36-37H,1-2,4,6-7,9-10,12-20,33-35H2,3,5,8H3. The zero-order valence-corrected chi connectivity index (χ0v) is 37.5. The minimum atomic E-state index is -0.541. The number of ether oxygens (including phenoxy) is 3. The van der Waals surface area contributed by atoms with Crippen molar-refractivity contribution < 1.29 is 28.6 Å². The molecule has 0 N–H and O–H groups in total. The van der Waals surface area contributed by atoms with E-state index in [2.05, 4.69) is 70.3 Å². The summed E-state index contributed by atoms with van der Waals surface area (Å²) in [4.78, 5) is 38.0. The van der Waals surface area contributed by atoms with Gasteiger partial charge < -0.3 is 14.2 Å². The summed E-state index contributed by atoms with van der Waals surface area (Å²) in [5.74, 6) is 1.61. The Labute approximate surface area is 375 Å². The Balaban J connectivity index is 1.23. The summed E-state index contributed by atoms with van der Waals surface area (Å²) >= 11 is 0. The molecule has 0 saturated heterocycles. The van der Waals surface area contributed by atoms with Crippen LogP contribution >= 0.6 is 0 Å². The van der Waals surface area contributed by atoms with E-state index in [4.69, 9.17) is 14.2 Å². The molecule has 0 heterocycles. The largest absolute Gasteiger partial charge is 0.494 e. The van der Waals surface area contributed by atoms with E-state index in [1.165, 1.54) is 18.9 Å². The van der Waals surface area contributed by atoms with E-state index >= 15 is 0 Å². The number of unbranched alkanes of at least 4 members (excludes halogenated alkanes) is 1. The van der Waals surface area contributed by atoms with Gasteiger partial charge in [0.15, 0.2) is 11.6 Å². The van der Waals surface area contributed by atoms with Gasteiger partial charge in [0.05, 0.1) is 12.2 Å². The first-order valence-corrected chi connectivity index (χ1v) is 21.9. The van der Waals surface area contributed by atoms with Crippen molar-refractivity contribution in [3.63, 3.8) is 0 Å². The van der Waals surface area contributed by atoms with Crippen LogP contribution in [0.4, 0.5) is 0 Å². The van der Waals surface area contributed by atoms with E-state index in [-0.39, 0.29) is 22.5 Å². The van der Waals surface area contributed by atoms with Crippen LogP contribution in [-0.2, 0) is 14.9 Å². The topological polar surface area (TPSA) is 78.9 Å². The van der Waals surface area contributed by atoms with Gasteiger partial charge in [0, 0.05) is 23.0 Å². The number of Topliss-reactive ketones (excluding diaryl/α,β-unsaturated/α-hetero) is 2. The number of ketones is 2. The summed E-state index contributed by atoms with van der Waals surface area (Å²) in [5, 5.41) is 0. The predicted molar refractivity (Wildman–Crippen MR) is 260 cm³/mol. The fraction of sp³-hybridized carbons (Fsp3) is 0.281. The van der Waals surface area contributed by atoms with Crippen LogP contribution in [0.15, 0.2) is 148 Å². The SMILES string of the molecule is C=Cc1cc(C(=C)Oc2ccc(C3(c4ccc(OC(=O)c5ccc(C(=C)CCCOC(=C)C(=C)C)c(C(C)=O)c5)cc4)CCCCC3)cc2)ccc1C(=C)CCCCC(=O)C(=C)C. The van der Waals surface area contributed by atoms with E-state index in [1.807, 2.05) is 55.5 Å². The van der Waals surface area contributed by atoms with Crippen molar-refractivity contribution in [2.24, 2.45) is 0 Å². The van der Waals surface area contributed by atoms with Crippen molar-refractivity contribution in [1.82, 2.24) is 0 Å². The summed E-state index contributed by atoms with van der Waals surface area (Å²) in [7, 11) is 0. The third kappa shape index (κ3) is 12.3. The molecule has 1 aliphatic carbocycles. The van der Waals surface area contributed by atoms with Crippen LogP contribution in [0.25, 0.3) is 23.0 Å². The van der Waals surface area contributed by atoms with E-state index < -0.39 is 5.97 Å². The predicted octanol–water partition coefficient (Wildman–Crippen LogP) is 14.7. The molecule has 0 amide bonds. The van der Waals surface area contributed by atoms with Gasteiger partial charge in [-0.05, 0) is 158 Å². The Morgan fingerprint density at radius 3 is 1.75 bits per heavy atom. The number of hydrogen-bond donors (Lipinski definition) is 0. The summed E-state index contributed by atoms with van der Waals surface area (Å²) < 4.78 is 17.8. The molecule has 1 saturated carbocycles. The Kier molecular flexibility index (Phi) is 16.6. The highest BCUT2D eigenvalue weighted by molar-refractivity contribution is 6.02. The van der Waals surface area contributed by atoms with Gasteiger partial charge in [0.25, 0.3) is 0 Å². The number of carbonyl (C=O) groups excluding carboxylic acids is 3. The van der Waals surface area contributed by atoms with Gasteiger partial charge in [-0.2, -0.15) is 0 Å². The first kappa shape index (κ1) is 47.5. The second-order valence-corrected chi connectivity index (χ2v) is 16.7. The van der Waals surface area contributed by atoms with Gasteiger partial charge in [0.2, 0.25) is 0 Å². The molecule has 0 aliphatic heterocycles. The third-order valence-electron chi connectivity index (χ3n) is 11.9. The maximum absolute atomic E-state index is 13.4. The molecular weight excluding hydrogens is 781 g/mol. The van der Waals surface area contributed by atoms with Crippen LogP contribution in [0.3, 0.4) is 0 Å². The summed E-state index contributed by atoms with van der Waals surface area (Å²) in [6.45, 7) is 33.8. The Morgan fingerprint density at radius 2 is 1.16 bits per heavy atom. The van der Waals surface area contributed by atoms with Crippen LogP contribution in [0.2, 0.25) is 0 Å².